The number of pyridine rings is 1. The molecule has 7 nitrogen and oxygen atoms in total. The topological polar surface area (TPSA) is 80.2 Å². The van der Waals surface area contributed by atoms with Crippen molar-refractivity contribution >= 4 is 11.7 Å². The van der Waals surface area contributed by atoms with Crippen molar-refractivity contribution in [3.05, 3.63) is 65.4 Å². The van der Waals surface area contributed by atoms with Gasteiger partial charge >= 0.3 is 0 Å². The van der Waals surface area contributed by atoms with E-state index in [9.17, 15) is 9.18 Å². The van der Waals surface area contributed by atoms with Gasteiger partial charge in [0.2, 0.25) is 5.91 Å². The van der Waals surface area contributed by atoms with Gasteiger partial charge in [0.25, 0.3) is 0 Å². The van der Waals surface area contributed by atoms with Crippen molar-refractivity contribution < 1.29 is 13.9 Å². The molecule has 3 aromatic rings. The number of carbonyl (C=O) groups excluding carboxylic acids is 1. The van der Waals surface area contributed by atoms with Crippen LogP contribution in [0.15, 0.2) is 42.7 Å². The Balaban J connectivity index is 1.31. The number of fused-ring (bicyclic) bond motifs is 1. The minimum atomic E-state index is -0.454. The molecule has 1 N–H and O–H groups in total. The maximum atomic E-state index is 14.2. The second-order valence-corrected chi connectivity index (χ2v) is 9.23. The number of hydrogen-bond acceptors (Lipinski definition) is 6. The fourth-order valence-corrected chi connectivity index (χ4v) is 5.03. The zero-order chi connectivity index (χ0) is 23.9. The molecule has 1 aromatic carbocycles. The maximum Gasteiger partial charge on any atom is 0.229 e. The molecule has 1 amide bonds. The third kappa shape index (κ3) is 3.97. The van der Waals surface area contributed by atoms with E-state index in [2.05, 4.69) is 21.4 Å². The molecule has 0 aliphatic carbocycles. The zero-order valence-corrected chi connectivity index (χ0v) is 19.6. The summed E-state index contributed by atoms with van der Waals surface area (Å²) in [6.45, 7) is 5.07. The second-order valence-electron chi connectivity index (χ2n) is 9.23. The van der Waals surface area contributed by atoms with Crippen molar-refractivity contribution in [1.82, 2.24) is 19.9 Å². The summed E-state index contributed by atoms with van der Waals surface area (Å²) >= 11 is 0. The van der Waals surface area contributed by atoms with E-state index >= 15 is 0 Å². The zero-order valence-electron chi connectivity index (χ0n) is 19.6. The van der Waals surface area contributed by atoms with Crippen molar-refractivity contribution in [2.45, 2.75) is 44.6 Å². The number of carbonyl (C=O) groups is 1. The lowest BCUT2D eigenvalue weighted by atomic mass is 9.86. The van der Waals surface area contributed by atoms with E-state index in [4.69, 9.17) is 9.72 Å². The van der Waals surface area contributed by atoms with Gasteiger partial charge in [0.05, 0.1) is 24.3 Å². The Hall–Kier alpha value is -3.55. The molecule has 2 aliphatic rings. The number of anilines is 1. The van der Waals surface area contributed by atoms with Gasteiger partial charge in [-0.3, -0.25) is 4.79 Å². The molecule has 4 heterocycles. The van der Waals surface area contributed by atoms with E-state index in [1.54, 1.807) is 30.6 Å². The largest absolute Gasteiger partial charge is 0.494 e. The van der Waals surface area contributed by atoms with E-state index in [0.29, 0.717) is 24.5 Å². The van der Waals surface area contributed by atoms with Crippen molar-refractivity contribution in [2.75, 3.05) is 25.5 Å². The highest BCUT2D eigenvalue weighted by Crippen LogP contribution is 2.38. The number of likely N-dealkylation sites (tertiary alicyclic amines) is 1. The van der Waals surface area contributed by atoms with Crippen LogP contribution in [0.4, 0.5) is 10.2 Å². The van der Waals surface area contributed by atoms with E-state index in [-0.39, 0.29) is 17.2 Å². The number of aromatic nitrogens is 3. The summed E-state index contributed by atoms with van der Waals surface area (Å²) in [5.74, 6) is 0.860. The van der Waals surface area contributed by atoms with Crippen LogP contribution in [0.3, 0.4) is 0 Å². The molecule has 8 heteroatoms. The summed E-state index contributed by atoms with van der Waals surface area (Å²) in [6.07, 6.45) is 6.11. The molecule has 2 atom stereocenters. The van der Waals surface area contributed by atoms with E-state index in [1.165, 1.54) is 13.2 Å². The number of benzene rings is 1. The first-order valence-electron chi connectivity index (χ1n) is 11.6. The molecular weight excluding hydrogens is 433 g/mol. The molecule has 34 heavy (non-hydrogen) atoms. The number of amides is 1. The van der Waals surface area contributed by atoms with Crippen LogP contribution in [0, 0.1) is 12.7 Å². The number of aryl methyl sites for hydroxylation is 2. The van der Waals surface area contributed by atoms with Crippen LogP contribution >= 0.6 is 0 Å². The molecule has 5 rings (SSSR count). The normalized spacial score (nSPS) is 20.1. The van der Waals surface area contributed by atoms with Crippen molar-refractivity contribution in [2.24, 2.45) is 0 Å². The Morgan fingerprint density at radius 1 is 1.24 bits per heavy atom. The van der Waals surface area contributed by atoms with Crippen LogP contribution in [-0.4, -0.2) is 51.5 Å². The predicted octanol–water partition coefficient (Wildman–Crippen LogP) is 4.13. The lowest BCUT2D eigenvalue weighted by Crippen LogP contribution is -2.46. The minimum absolute atomic E-state index is 0.00903. The van der Waals surface area contributed by atoms with Gasteiger partial charge in [0.1, 0.15) is 5.82 Å². The molecule has 1 fully saturated rings. The summed E-state index contributed by atoms with van der Waals surface area (Å²) in [4.78, 5) is 28.7. The molecule has 2 aromatic heterocycles. The number of nitrogens with one attached hydrogen (secondary N) is 1. The van der Waals surface area contributed by atoms with Gasteiger partial charge in [0, 0.05) is 31.0 Å². The number of halogens is 1. The molecule has 0 saturated carbocycles. The van der Waals surface area contributed by atoms with Crippen molar-refractivity contribution in [3.63, 3.8) is 0 Å². The first kappa shape index (κ1) is 22.3. The van der Waals surface area contributed by atoms with Crippen LogP contribution in [0.2, 0.25) is 0 Å². The Labute approximate surface area is 198 Å². The Morgan fingerprint density at radius 3 is 2.76 bits per heavy atom. The molecule has 0 bridgehead atoms. The lowest BCUT2D eigenvalue weighted by Gasteiger charge is -2.36. The number of ether oxygens (including phenoxy) is 1. The average Bonchev–Trinajstić information content (AvgIpc) is 3.26. The van der Waals surface area contributed by atoms with Gasteiger partial charge in [-0.05, 0) is 68.5 Å². The number of rotatable bonds is 4. The molecule has 176 valence electrons. The molecule has 1 saturated heterocycles. The highest BCUT2D eigenvalue weighted by Gasteiger charge is 2.43. The summed E-state index contributed by atoms with van der Waals surface area (Å²) in [5.41, 5.74) is 3.42. The van der Waals surface area contributed by atoms with Crippen LogP contribution in [0.5, 0.6) is 5.75 Å². The van der Waals surface area contributed by atoms with Gasteiger partial charge < -0.3 is 15.0 Å². The first-order chi connectivity index (χ1) is 16.4. The molecule has 0 radical (unpaired) electrons. The SMILES string of the molecule is COc1ccc([C@@H](C)C(=O)N2CC[C@@]3(CCc4cc(-c5ncccn5)c(C)nc4N3)C2)cc1F. The summed E-state index contributed by atoms with van der Waals surface area (Å²) in [6, 6.07) is 8.65. The van der Waals surface area contributed by atoms with Gasteiger partial charge in [-0.1, -0.05) is 6.07 Å². The first-order valence-corrected chi connectivity index (χ1v) is 11.6. The quantitative estimate of drug-likeness (QED) is 0.629. The highest BCUT2D eigenvalue weighted by atomic mass is 19.1. The summed E-state index contributed by atoms with van der Waals surface area (Å²) in [5, 5.41) is 3.66. The number of methoxy groups -OCH3 is 1. The summed E-state index contributed by atoms with van der Waals surface area (Å²) < 4.78 is 19.2. The van der Waals surface area contributed by atoms with Crippen LogP contribution < -0.4 is 10.1 Å². The minimum Gasteiger partial charge on any atom is -0.494 e. The monoisotopic (exact) mass is 461 g/mol. The molecule has 2 aliphatic heterocycles. The van der Waals surface area contributed by atoms with Crippen LogP contribution in [0.1, 0.15) is 42.5 Å². The van der Waals surface area contributed by atoms with Gasteiger partial charge in [0.15, 0.2) is 17.4 Å². The molecule has 0 unspecified atom stereocenters. The van der Waals surface area contributed by atoms with E-state index in [1.807, 2.05) is 18.7 Å². The van der Waals surface area contributed by atoms with E-state index < -0.39 is 11.7 Å². The number of nitrogens with zero attached hydrogens (tertiary/aromatic N) is 4. The third-order valence-electron chi connectivity index (χ3n) is 7.07. The highest BCUT2D eigenvalue weighted by molar-refractivity contribution is 5.84. The van der Waals surface area contributed by atoms with Gasteiger partial charge in [-0.15, -0.1) is 0 Å². The Kier molecular flexibility index (Phi) is 5.67. The smallest absolute Gasteiger partial charge is 0.229 e. The molecule has 1 spiro atoms. The third-order valence-corrected chi connectivity index (χ3v) is 7.07. The van der Waals surface area contributed by atoms with Crippen LogP contribution in [-0.2, 0) is 11.2 Å². The van der Waals surface area contributed by atoms with Gasteiger partial charge in [-0.2, -0.15) is 0 Å². The molecular formula is C26H28FN5O2. The summed E-state index contributed by atoms with van der Waals surface area (Å²) in [7, 11) is 1.43. The maximum absolute atomic E-state index is 14.2. The number of hydrogen-bond donors (Lipinski definition) is 1. The Morgan fingerprint density at radius 2 is 2.03 bits per heavy atom. The van der Waals surface area contributed by atoms with Crippen molar-refractivity contribution in [1.29, 1.82) is 0 Å². The fraction of sp³-hybridized carbons (Fsp3) is 0.385. The van der Waals surface area contributed by atoms with Crippen LogP contribution in [0.25, 0.3) is 11.4 Å². The van der Waals surface area contributed by atoms with E-state index in [0.717, 1.165) is 41.9 Å². The predicted molar refractivity (Wildman–Crippen MR) is 127 cm³/mol. The second kappa shape index (κ2) is 8.66. The Bertz CT molecular complexity index is 1240. The fourth-order valence-electron chi connectivity index (χ4n) is 5.03. The standard InChI is InChI=1S/C26H28FN5O2/c1-16(18-5-6-22(34-3)21(27)14-18)25(33)32-12-9-26(15-32)8-7-19-13-20(17(2)30-23(19)31-26)24-28-10-4-11-29-24/h4-6,10-11,13-14,16H,7-9,12,15H2,1-3H3,(H,30,31)/t16-,26+/m1/s1. The average molecular weight is 462 g/mol. The lowest BCUT2D eigenvalue weighted by molar-refractivity contribution is -0.131. The van der Waals surface area contributed by atoms with Crippen molar-refractivity contribution in [3.8, 4) is 17.1 Å². The van der Waals surface area contributed by atoms with Gasteiger partial charge in [-0.25, -0.2) is 19.3 Å².